The third-order valence-corrected chi connectivity index (χ3v) is 13.5. The Balaban J connectivity index is 1.07. The number of fused-ring (bicyclic) bond motifs is 6. The highest BCUT2D eigenvalue weighted by Crippen LogP contribution is 2.27. The third-order valence-electron chi connectivity index (χ3n) is 13.5. The number of amides is 6. The molecule has 0 aliphatic carbocycles. The normalized spacial score (nSPS) is 31.8. The van der Waals surface area contributed by atoms with Gasteiger partial charge in [0.25, 0.3) is 17.9 Å². The lowest BCUT2D eigenvalue weighted by Crippen LogP contribution is -2.36. The monoisotopic (exact) mass is 1070 g/mol. The van der Waals surface area contributed by atoms with Crippen LogP contribution in [-0.4, -0.2) is 151 Å². The lowest BCUT2D eigenvalue weighted by molar-refractivity contribution is -0.325. The van der Waals surface area contributed by atoms with E-state index in [0.717, 1.165) is 135 Å². The average molecular weight is 1070 g/mol. The minimum atomic E-state index is -1.16. The van der Waals surface area contributed by atoms with Crippen LogP contribution in [0.15, 0.2) is 0 Å². The van der Waals surface area contributed by atoms with Gasteiger partial charge in [0.05, 0.1) is 39.6 Å². The van der Waals surface area contributed by atoms with Crippen molar-refractivity contribution in [1.82, 2.24) is 31.9 Å². The predicted molar refractivity (Wildman–Crippen MR) is 278 cm³/mol. The van der Waals surface area contributed by atoms with Gasteiger partial charge >= 0.3 is 0 Å². The summed E-state index contributed by atoms with van der Waals surface area (Å²) in [6.45, 7) is 10.3. The predicted octanol–water partition coefficient (Wildman–Crippen LogP) is 5.55. The number of ether oxygens (including phenoxy) is 9. The van der Waals surface area contributed by atoms with Gasteiger partial charge in [0.1, 0.15) is 18.3 Å². The highest BCUT2D eigenvalue weighted by Gasteiger charge is 2.40. The van der Waals surface area contributed by atoms with Gasteiger partial charge in [0.2, 0.25) is 35.4 Å². The van der Waals surface area contributed by atoms with Crippen LogP contribution >= 0.6 is 0 Å². The SMILES string of the molecule is CC12OCCCCCNC(=O)CCCCCCC(=O)NCC3COC(C)(OCCCCCNC(=O)CCCCCCC(=O)NCC4COC(C)(OCCCCCNC(=O)CCCCCCC(=O)NCC(CO1)O2)O4)O3. The van der Waals surface area contributed by atoms with Crippen molar-refractivity contribution in [2.45, 2.75) is 230 Å². The Morgan fingerprint density at radius 1 is 0.293 bits per heavy atom. The molecule has 4 fully saturated rings. The first kappa shape index (κ1) is 64.0. The number of hydrogen-bond acceptors (Lipinski definition) is 15. The van der Waals surface area contributed by atoms with Gasteiger partial charge in [-0.3, -0.25) is 28.8 Å². The summed E-state index contributed by atoms with van der Waals surface area (Å²) < 4.78 is 52.8. The summed E-state index contributed by atoms with van der Waals surface area (Å²) in [5, 5.41) is 17.8. The van der Waals surface area contributed by atoms with Gasteiger partial charge in [-0.05, 0) is 96.3 Å². The maximum Gasteiger partial charge on any atom is 0.280 e. The van der Waals surface area contributed by atoms with Crippen molar-refractivity contribution in [3.05, 3.63) is 0 Å². The summed E-state index contributed by atoms with van der Waals surface area (Å²) in [4.78, 5) is 74.4. The van der Waals surface area contributed by atoms with Crippen molar-refractivity contribution >= 4 is 35.4 Å². The molecule has 6 atom stereocenters. The summed E-state index contributed by atoms with van der Waals surface area (Å²) in [5.41, 5.74) is 0. The molecular formula is C54H96N6O15. The highest BCUT2D eigenvalue weighted by atomic mass is 16.9. The van der Waals surface area contributed by atoms with Gasteiger partial charge in [-0.2, -0.15) is 0 Å². The second-order valence-electron chi connectivity index (χ2n) is 20.7. The molecule has 4 aliphatic rings. The van der Waals surface area contributed by atoms with E-state index in [-0.39, 0.29) is 53.8 Å². The van der Waals surface area contributed by atoms with Crippen molar-refractivity contribution in [2.24, 2.45) is 0 Å². The average Bonchev–Trinajstić information content (AvgIpc) is 4.09. The van der Waals surface area contributed by atoms with Gasteiger partial charge in [0, 0.05) is 98.6 Å². The fraction of sp³-hybridized carbons (Fsp3) is 0.889. The highest BCUT2D eigenvalue weighted by molar-refractivity contribution is 5.77. The van der Waals surface area contributed by atoms with Gasteiger partial charge < -0.3 is 74.5 Å². The summed E-state index contributed by atoms with van der Waals surface area (Å²) in [7, 11) is 0. The van der Waals surface area contributed by atoms with E-state index in [1.54, 1.807) is 20.8 Å². The van der Waals surface area contributed by atoms with Crippen LogP contribution in [0, 0.1) is 0 Å². The number of hydrogen-bond donors (Lipinski definition) is 6. The van der Waals surface area contributed by atoms with E-state index in [4.69, 9.17) is 42.6 Å². The zero-order valence-electron chi connectivity index (χ0n) is 45.9. The second-order valence-corrected chi connectivity index (χ2v) is 20.7. The number of nitrogens with one attached hydrogen (secondary N) is 6. The molecule has 0 spiro atoms. The Labute approximate surface area is 446 Å². The molecular weight excluding hydrogens is 973 g/mol. The summed E-state index contributed by atoms with van der Waals surface area (Å²) in [5.74, 6) is -3.50. The van der Waals surface area contributed by atoms with Crippen LogP contribution in [0.1, 0.15) is 194 Å². The Morgan fingerprint density at radius 2 is 0.520 bits per heavy atom. The molecule has 21 heteroatoms. The fourth-order valence-electron chi connectivity index (χ4n) is 9.03. The molecule has 6 N–H and O–H groups in total. The molecule has 6 bridgehead atoms. The fourth-order valence-corrected chi connectivity index (χ4v) is 9.03. The van der Waals surface area contributed by atoms with Gasteiger partial charge in [-0.25, -0.2) is 0 Å². The largest absolute Gasteiger partial charge is 0.356 e. The second kappa shape index (κ2) is 37.3. The lowest BCUT2D eigenvalue weighted by Gasteiger charge is -2.23. The van der Waals surface area contributed by atoms with Crippen LogP contribution in [0.5, 0.6) is 0 Å². The van der Waals surface area contributed by atoms with Crippen molar-refractivity contribution in [2.75, 3.05) is 78.9 Å². The van der Waals surface area contributed by atoms with Crippen LogP contribution in [0.3, 0.4) is 0 Å². The number of carbonyl (C=O) groups excluding carboxylic acids is 6. The molecule has 4 rings (SSSR count). The molecule has 4 saturated heterocycles. The van der Waals surface area contributed by atoms with Gasteiger partial charge in [-0.15, -0.1) is 0 Å². The van der Waals surface area contributed by atoms with E-state index < -0.39 is 17.9 Å². The zero-order valence-corrected chi connectivity index (χ0v) is 45.9. The molecule has 0 saturated carbocycles. The molecule has 4 heterocycles. The molecule has 21 nitrogen and oxygen atoms in total. The maximum atomic E-state index is 12.5. The molecule has 0 aromatic heterocycles. The first-order valence-corrected chi connectivity index (χ1v) is 28.7. The smallest absolute Gasteiger partial charge is 0.280 e. The van der Waals surface area contributed by atoms with Gasteiger partial charge in [0.15, 0.2) is 0 Å². The topological polar surface area (TPSA) is 258 Å². The van der Waals surface area contributed by atoms with Crippen molar-refractivity contribution in [3.8, 4) is 0 Å². The molecule has 4 aliphatic heterocycles. The first-order chi connectivity index (χ1) is 36.2. The van der Waals surface area contributed by atoms with E-state index in [0.29, 0.717) is 117 Å². The minimum absolute atomic E-state index is 0.0349. The van der Waals surface area contributed by atoms with Crippen molar-refractivity contribution < 1.29 is 71.4 Å². The van der Waals surface area contributed by atoms with Crippen LogP contribution < -0.4 is 31.9 Å². The number of rotatable bonds is 0. The van der Waals surface area contributed by atoms with E-state index in [2.05, 4.69) is 31.9 Å². The molecule has 0 radical (unpaired) electrons. The standard InChI is InChI=1S/C54H96N6O15/c1-52-67-34-22-10-19-31-55-46(61)25-14-5-8-17-29-50(65)59-38-44-41-71-54(3,74-44)69-36-24-12-21-33-57-48(63)27-15-6-9-18-30-51(66)60-39-45-42-72-53(2,75-45)68-35-23-11-20-32-56-47(62)26-13-4-7-16-28-49(64)58-37-43(73-52)40-70-52/h43-45H,4-42H2,1-3H3,(H,55,61)(H,56,62)(H,57,63)(H,58,64)(H,59,65)(H,60,66). The molecule has 0 aromatic rings. The van der Waals surface area contributed by atoms with E-state index in [9.17, 15) is 28.8 Å². The van der Waals surface area contributed by atoms with Crippen LogP contribution in [0.4, 0.5) is 0 Å². The first-order valence-electron chi connectivity index (χ1n) is 28.7. The maximum absolute atomic E-state index is 12.5. The van der Waals surface area contributed by atoms with Gasteiger partial charge in [-0.1, -0.05) is 38.5 Å². The molecule has 432 valence electrons. The van der Waals surface area contributed by atoms with Crippen LogP contribution in [-0.2, 0) is 71.4 Å². The quantitative estimate of drug-likeness (QED) is 0.174. The van der Waals surface area contributed by atoms with E-state index in [1.807, 2.05) is 0 Å². The van der Waals surface area contributed by atoms with Crippen molar-refractivity contribution in [1.29, 1.82) is 0 Å². The summed E-state index contributed by atoms with van der Waals surface area (Å²) in [6.07, 6.45) is 18.9. The summed E-state index contributed by atoms with van der Waals surface area (Å²) >= 11 is 0. The Bertz CT molecular complexity index is 1480. The zero-order chi connectivity index (χ0) is 53.9. The Hall–Kier alpha value is -3.54. The van der Waals surface area contributed by atoms with Crippen LogP contribution in [0.25, 0.3) is 0 Å². The van der Waals surface area contributed by atoms with E-state index in [1.165, 1.54) is 0 Å². The molecule has 6 unspecified atom stereocenters. The molecule has 0 aromatic carbocycles. The molecule has 6 amide bonds. The Morgan fingerprint density at radius 3 is 0.773 bits per heavy atom. The summed E-state index contributed by atoms with van der Waals surface area (Å²) in [6, 6.07) is 0. The van der Waals surface area contributed by atoms with E-state index >= 15 is 0 Å². The minimum Gasteiger partial charge on any atom is -0.356 e. The van der Waals surface area contributed by atoms with Crippen LogP contribution in [0.2, 0.25) is 0 Å². The lowest BCUT2D eigenvalue weighted by atomic mass is 10.1. The third kappa shape index (κ3) is 30.3. The Kier molecular flexibility index (Phi) is 31.8. The number of carbonyl (C=O) groups is 6. The van der Waals surface area contributed by atoms with Crippen molar-refractivity contribution in [3.63, 3.8) is 0 Å². The molecule has 75 heavy (non-hydrogen) atoms.